The monoisotopic (exact) mass is 294 g/mol. The average Bonchev–Trinajstić information content (AvgIpc) is 2.75. The zero-order valence-corrected chi connectivity index (χ0v) is 10.8. The summed E-state index contributed by atoms with van der Waals surface area (Å²) in [6.07, 6.45) is 3.19. The van der Waals surface area contributed by atoms with Crippen molar-refractivity contribution in [2.75, 3.05) is 5.32 Å². The first-order valence-electron chi connectivity index (χ1n) is 5.05. The summed E-state index contributed by atoms with van der Waals surface area (Å²) in [5, 5.41) is 10.2. The average molecular weight is 295 g/mol. The molecule has 1 amide bonds. The van der Waals surface area contributed by atoms with Crippen LogP contribution in [-0.4, -0.2) is 20.9 Å². The van der Waals surface area contributed by atoms with E-state index < -0.39 is 0 Å². The number of halogens is 1. The van der Waals surface area contributed by atoms with Gasteiger partial charge in [0.2, 0.25) is 5.91 Å². The fourth-order valence-corrected chi connectivity index (χ4v) is 1.90. The van der Waals surface area contributed by atoms with Gasteiger partial charge in [-0.1, -0.05) is 21.1 Å². The molecule has 88 valence electrons. The van der Waals surface area contributed by atoms with Gasteiger partial charge in [-0.3, -0.25) is 4.79 Å². The quantitative estimate of drug-likeness (QED) is 0.942. The maximum absolute atomic E-state index is 11.7. The zero-order chi connectivity index (χ0) is 12.3. The van der Waals surface area contributed by atoms with Crippen molar-refractivity contribution in [3.05, 3.63) is 40.6 Å². The second kappa shape index (κ2) is 5.09. The van der Waals surface area contributed by atoms with Crippen molar-refractivity contribution in [2.45, 2.75) is 13.5 Å². The molecule has 0 aliphatic rings. The van der Waals surface area contributed by atoms with Crippen molar-refractivity contribution in [1.29, 1.82) is 0 Å². The topological polar surface area (TPSA) is 59.8 Å². The molecule has 2 rings (SSSR count). The molecule has 0 saturated heterocycles. The lowest BCUT2D eigenvalue weighted by Crippen LogP contribution is -2.19. The number of hydrogen-bond donors (Lipinski definition) is 1. The Bertz CT molecular complexity index is 524. The minimum atomic E-state index is -0.124. The molecule has 1 aromatic heterocycles. The van der Waals surface area contributed by atoms with Crippen LogP contribution in [0.15, 0.2) is 35.1 Å². The molecule has 2 aromatic rings. The first-order chi connectivity index (χ1) is 8.15. The van der Waals surface area contributed by atoms with Gasteiger partial charge in [-0.25, -0.2) is 4.68 Å². The van der Waals surface area contributed by atoms with Crippen LogP contribution in [-0.2, 0) is 11.3 Å². The number of amides is 1. The molecule has 0 aliphatic heterocycles. The fourth-order valence-electron chi connectivity index (χ4n) is 1.42. The summed E-state index contributed by atoms with van der Waals surface area (Å²) in [5.74, 6) is -0.124. The summed E-state index contributed by atoms with van der Waals surface area (Å²) in [6, 6.07) is 5.70. The van der Waals surface area contributed by atoms with E-state index >= 15 is 0 Å². The van der Waals surface area contributed by atoms with E-state index in [4.69, 9.17) is 0 Å². The maximum atomic E-state index is 11.7. The molecule has 0 aliphatic carbocycles. The third-order valence-corrected chi connectivity index (χ3v) is 2.73. The highest BCUT2D eigenvalue weighted by atomic mass is 79.9. The molecule has 1 heterocycles. The van der Waals surface area contributed by atoms with Gasteiger partial charge in [-0.2, -0.15) is 0 Å². The molecule has 5 nitrogen and oxygen atoms in total. The van der Waals surface area contributed by atoms with Crippen molar-refractivity contribution < 1.29 is 4.79 Å². The van der Waals surface area contributed by atoms with Gasteiger partial charge in [-0.15, -0.1) is 5.10 Å². The number of aromatic nitrogens is 3. The number of carbonyl (C=O) groups excluding carboxylic acids is 1. The molecule has 0 spiro atoms. The standard InChI is InChI=1S/C11H11BrN4O/c1-8-6-9(12)2-3-10(8)14-11(17)7-16-5-4-13-15-16/h2-6H,7H2,1H3,(H,14,17). The first kappa shape index (κ1) is 11.8. The molecule has 0 saturated carbocycles. The van der Waals surface area contributed by atoms with Crippen LogP contribution < -0.4 is 5.32 Å². The lowest BCUT2D eigenvalue weighted by molar-refractivity contribution is -0.116. The predicted octanol–water partition coefficient (Wildman–Crippen LogP) is 1.99. The van der Waals surface area contributed by atoms with Gasteiger partial charge < -0.3 is 5.32 Å². The molecule has 0 atom stereocenters. The molecule has 0 radical (unpaired) electrons. The third kappa shape index (κ3) is 3.13. The van der Waals surface area contributed by atoms with Crippen LogP contribution in [0.4, 0.5) is 5.69 Å². The Balaban J connectivity index is 2.03. The number of rotatable bonds is 3. The molecule has 1 N–H and O–H groups in total. The summed E-state index contributed by atoms with van der Waals surface area (Å²) >= 11 is 3.38. The van der Waals surface area contributed by atoms with Crippen LogP contribution >= 0.6 is 15.9 Å². The summed E-state index contributed by atoms with van der Waals surface area (Å²) in [4.78, 5) is 11.7. The van der Waals surface area contributed by atoms with E-state index in [1.807, 2.05) is 25.1 Å². The van der Waals surface area contributed by atoms with Gasteiger partial charge >= 0.3 is 0 Å². The fraction of sp³-hybridized carbons (Fsp3) is 0.182. The van der Waals surface area contributed by atoms with Gasteiger partial charge in [0.05, 0.1) is 6.20 Å². The predicted molar refractivity (Wildman–Crippen MR) is 67.5 cm³/mol. The number of nitrogens with zero attached hydrogens (tertiary/aromatic N) is 3. The smallest absolute Gasteiger partial charge is 0.246 e. The van der Waals surface area contributed by atoms with Crippen LogP contribution in [0.5, 0.6) is 0 Å². The summed E-state index contributed by atoms with van der Waals surface area (Å²) in [6.45, 7) is 2.10. The van der Waals surface area contributed by atoms with Gasteiger partial charge in [0.15, 0.2) is 0 Å². The van der Waals surface area contributed by atoms with E-state index in [0.717, 1.165) is 15.7 Å². The Morgan fingerprint density at radius 1 is 1.53 bits per heavy atom. The number of aryl methyl sites for hydroxylation is 1. The molecule has 0 bridgehead atoms. The molecular formula is C11H11BrN4O. The SMILES string of the molecule is Cc1cc(Br)ccc1NC(=O)Cn1ccnn1. The van der Waals surface area contributed by atoms with E-state index in [1.54, 1.807) is 6.20 Å². The van der Waals surface area contributed by atoms with E-state index in [-0.39, 0.29) is 12.5 Å². The van der Waals surface area contributed by atoms with Crippen molar-refractivity contribution in [3.63, 3.8) is 0 Å². The number of benzene rings is 1. The Labute approximate surface area is 107 Å². The normalized spacial score (nSPS) is 10.2. The van der Waals surface area contributed by atoms with Crippen LogP contribution in [0, 0.1) is 6.92 Å². The van der Waals surface area contributed by atoms with Crippen molar-refractivity contribution in [2.24, 2.45) is 0 Å². The molecule has 17 heavy (non-hydrogen) atoms. The zero-order valence-electron chi connectivity index (χ0n) is 9.22. The lowest BCUT2D eigenvalue weighted by atomic mass is 10.2. The van der Waals surface area contributed by atoms with Crippen molar-refractivity contribution in [3.8, 4) is 0 Å². The molecular weight excluding hydrogens is 284 g/mol. The highest BCUT2D eigenvalue weighted by Crippen LogP contribution is 2.19. The molecule has 0 fully saturated rings. The van der Waals surface area contributed by atoms with Gasteiger partial charge in [0, 0.05) is 16.4 Å². The highest BCUT2D eigenvalue weighted by Gasteiger charge is 2.06. The number of hydrogen-bond acceptors (Lipinski definition) is 3. The van der Waals surface area contributed by atoms with Gasteiger partial charge in [0.25, 0.3) is 0 Å². The number of carbonyl (C=O) groups is 1. The summed E-state index contributed by atoms with van der Waals surface area (Å²) < 4.78 is 2.47. The van der Waals surface area contributed by atoms with Crippen molar-refractivity contribution in [1.82, 2.24) is 15.0 Å². The second-order valence-corrected chi connectivity index (χ2v) is 4.52. The minimum Gasteiger partial charge on any atom is -0.324 e. The van der Waals surface area contributed by atoms with Crippen molar-refractivity contribution >= 4 is 27.5 Å². The summed E-state index contributed by atoms with van der Waals surface area (Å²) in [7, 11) is 0. The van der Waals surface area contributed by atoms with Crippen LogP contribution in [0.2, 0.25) is 0 Å². The highest BCUT2D eigenvalue weighted by molar-refractivity contribution is 9.10. The van der Waals surface area contributed by atoms with Crippen LogP contribution in [0.3, 0.4) is 0 Å². The molecule has 0 unspecified atom stereocenters. The van der Waals surface area contributed by atoms with Gasteiger partial charge in [0.1, 0.15) is 6.54 Å². The Kier molecular flexibility index (Phi) is 3.53. The van der Waals surface area contributed by atoms with E-state index in [9.17, 15) is 4.79 Å². The Hall–Kier alpha value is -1.69. The second-order valence-electron chi connectivity index (χ2n) is 3.61. The Morgan fingerprint density at radius 3 is 3.00 bits per heavy atom. The largest absolute Gasteiger partial charge is 0.324 e. The molecule has 1 aromatic carbocycles. The third-order valence-electron chi connectivity index (χ3n) is 2.24. The van der Waals surface area contributed by atoms with Crippen LogP contribution in [0.1, 0.15) is 5.56 Å². The lowest BCUT2D eigenvalue weighted by Gasteiger charge is -2.08. The first-order valence-corrected chi connectivity index (χ1v) is 5.84. The number of anilines is 1. The van der Waals surface area contributed by atoms with Crippen LogP contribution in [0.25, 0.3) is 0 Å². The van der Waals surface area contributed by atoms with Gasteiger partial charge in [-0.05, 0) is 30.7 Å². The number of nitrogens with one attached hydrogen (secondary N) is 1. The van der Waals surface area contributed by atoms with E-state index in [2.05, 4.69) is 31.6 Å². The minimum absolute atomic E-state index is 0.124. The summed E-state index contributed by atoms with van der Waals surface area (Å²) in [5.41, 5.74) is 1.81. The maximum Gasteiger partial charge on any atom is 0.246 e. The molecule has 6 heteroatoms. The van der Waals surface area contributed by atoms with E-state index in [0.29, 0.717) is 0 Å². The Morgan fingerprint density at radius 2 is 2.35 bits per heavy atom. The van der Waals surface area contributed by atoms with E-state index in [1.165, 1.54) is 10.9 Å².